The lowest BCUT2D eigenvalue weighted by atomic mass is 9.96. The van der Waals surface area contributed by atoms with Crippen molar-refractivity contribution in [1.82, 2.24) is 9.71 Å². The number of carbonyl (C=O) groups excluding carboxylic acids is 1. The average Bonchev–Trinajstić information content (AvgIpc) is 3.19. The van der Waals surface area contributed by atoms with Gasteiger partial charge < -0.3 is 14.8 Å². The number of fused-ring (bicyclic) bond motifs is 2. The Morgan fingerprint density at radius 1 is 1.21 bits per heavy atom. The van der Waals surface area contributed by atoms with Gasteiger partial charge in [-0.15, -0.1) is 4.73 Å². The molecule has 1 aliphatic carbocycles. The molecule has 4 rings (SSSR count). The Kier molecular flexibility index (Phi) is 5.71. The molecule has 0 amide bonds. The maximum absolute atomic E-state index is 13.5. The molecule has 0 bridgehead atoms. The summed E-state index contributed by atoms with van der Waals surface area (Å²) in [6.07, 6.45) is 1.57. The first-order valence-corrected chi connectivity index (χ1v) is 11.3. The molecule has 2 aromatic carbocycles. The van der Waals surface area contributed by atoms with Crippen molar-refractivity contribution < 1.29 is 19.5 Å². The monoisotopic (exact) mass is 463 g/mol. The number of carboxylic acid groups (broad SMARTS) is 1. The van der Waals surface area contributed by atoms with Crippen molar-refractivity contribution in [2.75, 3.05) is 11.9 Å². The Labute approximate surface area is 197 Å². The first-order valence-electron chi connectivity index (χ1n) is 11.3. The number of carboxylic acids is 1. The number of anilines is 1. The molecule has 0 spiro atoms. The van der Waals surface area contributed by atoms with Gasteiger partial charge in [-0.1, -0.05) is 12.1 Å². The van der Waals surface area contributed by atoms with E-state index in [9.17, 15) is 19.5 Å². The Balaban J connectivity index is 1.86. The molecule has 34 heavy (non-hydrogen) atoms. The van der Waals surface area contributed by atoms with E-state index in [1.54, 1.807) is 45.9 Å². The summed E-state index contributed by atoms with van der Waals surface area (Å²) in [7, 11) is 1.88. The Morgan fingerprint density at radius 2 is 1.88 bits per heavy atom. The normalized spacial score (nSPS) is 15.3. The molecule has 0 aliphatic heterocycles. The van der Waals surface area contributed by atoms with Crippen molar-refractivity contribution in [1.29, 1.82) is 0 Å². The summed E-state index contributed by atoms with van der Waals surface area (Å²) in [5.41, 5.74) is 3.05. The van der Waals surface area contributed by atoms with Crippen molar-refractivity contribution in [3.8, 4) is 0 Å². The van der Waals surface area contributed by atoms with Crippen LogP contribution in [-0.4, -0.2) is 33.8 Å². The topological polar surface area (TPSA) is 102 Å². The van der Waals surface area contributed by atoms with Gasteiger partial charge in [0, 0.05) is 7.05 Å². The van der Waals surface area contributed by atoms with Crippen molar-refractivity contribution in [2.45, 2.75) is 53.5 Å². The molecule has 3 aromatic rings. The van der Waals surface area contributed by atoms with Crippen LogP contribution in [0.2, 0.25) is 0 Å². The molecule has 1 aromatic heterocycles. The number of hydrogen-bond acceptors (Lipinski definition) is 6. The standard InChI is InChI=1S/C26H29N3O5/c1-14-21-16(11-12-20(21)28(6)19-10-8-7-9-17(19)24(31)32)13-18-22(14)23(30)29(15(2)27-18)34-25(33)26(3,4)5/h7-10,13,20H,11-12H2,1-6H3,(H,31,32). The average molecular weight is 464 g/mol. The van der Waals surface area contributed by atoms with Crippen molar-refractivity contribution in [3.05, 3.63) is 68.8 Å². The van der Waals surface area contributed by atoms with Gasteiger partial charge in [0.25, 0.3) is 5.56 Å². The SMILES string of the molecule is Cc1c2c(cc3nc(C)n(OC(=O)C(C)(C)C)c(=O)c13)CCC2N(C)c1ccccc1C(=O)O. The van der Waals surface area contributed by atoms with Gasteiger partial charge in [-0.05, 0) is 82.3 Å². The molecule has 1 unspecified atom stereocenters. The summed E-state index contributed by atoms with van der Waals surface area (Å²) in [6.45, 7) is 8.68. The van der Waals surface area contributed by atoms with E-state index in [-0.39, 0.29) is 11.6 Å². The second kappa shape index (κ2) is 8.27. The highest BCUT2D eigenvalue weighted by atomic mass is 16.7. The molecule has 8 nitrogen and oxygen atoms in total. The van der Waals surface area contributed by atoms with Crippen molar-refractivity contribution in [2.24, 2.45) is 5.41 Å². The molecule has 0 saturated heterocycles. The fraction of sp³-hybridized carbons (Fsp3) is 0.385. The summed E-state index contributed by atoms with van der Waals surface area (Å²) >= 11 is 0. The number of nitrogens with zero attached hydrogens (tertiary/aromatic N) is 3. The number of benzene rings is 2. The van der Waals surface area contributed by atoms with Crippen LogP contribution in [0.15, 0.2) is 35.1 Å². The molecule has 1 aliphatic rings. The van der Waals surface area contributed by atoms with E-state index in [0.717, 1.165) is 34.3 Å². The summed E-state index contributed by atoms with van der Waals surface area (Å²) in [4.78, 5) is 49.7. The molecular weight excluding hydrogens is 434 g/mol. The fourth-order valence-electron chi connectivity index (χ4n) is 4.66. The van der Waals surface area contributed by atoms with Crippen LogP contribution >= 0.6 is 0 Å². The van der Waals surface area contributed by atoms with Gasteiger partial charge in [0.05, 0.1) is 33.6 Å². The van der Waals surface area contributed by atoms with Crippen LogP contribution in [0.3, 0.4) is 0 Å². The van der Waals surface area contributed by atoms with Gasteiger partial charge in [0.2, 0.25) is 0 Å². The van der Waals surface area contributed by atoms with Crippen molar-refractivity contribution >= 4 is 28.5 Å². The van der Waals surface area contributed by atoms with Crippen molar-refractivity contribution in [3.63, 3.8) is 0 Å². The van der Waals surface area contributed by atoms with E-state index in [2.05, 4.69) is 4.98 Å². The Bertz CT molecular complexity index is 1380. The lowest BCUT2D eigenvalue weighted by Crippen LogP contribution is -2.39. The number of para-hydroxylation sites is 1. The smallest absolute Gasteiger partial charge is 0.338 e. The van der Waals surface area contributed by atoms with Gasteiger partial charge in [-0.3, -0.25) is 4.79 Å². The number of aryl methyl sites for hydroxylation is 3. The lowest BCUT2D eigenvalue weighted by molar-refractivity contribution is -0.154. The minimum atomic E-state index is -0.987. The zero-order valence-electron chi connectivity index (χ0n) is 20.3. The largest absolute Gasteiger partial charge is 0.478 e. The van der Waals surface area contributed by atoms with E-state index in [0.29, 0.717) is 22.4 Å². The summed E-state index contributed by atoms with van der Waals surface area (Å²) in [5, 5.41) is 10.1. The second-order valence-corrected chi connectivity index (χ2v) is 9.84. The van der Waals surface area contributed by atoms with Gasteiger partial charge >= 0.3 is 11.9 Å². The quantitative estimate of drug-likeness (QED) is 0.627. The first-order chi connectivity index (χ1) is 15.9. The van der Waals surface area contributed by atoms with Crippen LogP contribution in [0.5, 0.6) is 0 Å². The molecule has 0 saturated carbocycles. The van der Waals surface area contributed by atoms with Crippen LogP contribution in [-0.2, 0) is 11.2 Å². The second-order valence-electron chi connectivity index (χ2n) is 9.84. The molecular formula is C26H29N3O5. The van der Waals surface area contributed by atoms with E-state index < -0.39 is 22.9 Å². The van der Waals surface area contributed by atoms with Crippen LogP contribution in [0.1, 0.15) is 66.1 Å². The van der Waals surface area contributed by atoms with Crippen LogP contribution < -0.4 is 15.3 Å². The predicted octanol–water partition coefficient (Wildman–Crippen LogP) is 3.84. The number of aromatic carboxylic acids is 1. The van der Waals surface area contributed by atoms with Gasteiger partial charge in [0.15, 0.2) is 0 Å². The summed E-state index contributed by atoms with van der Waals surface area (Å²) < 4.78 is 0.975. The Hall–Kier alpha value is -3.68. The van der Waals surface area contributed by atoms with Gasteiger partial charge in [0.1, 0.15) is 5.82 Å². The predicted molar refractivity (Wildman–Crippen MR) is 129 cm³/mol. The van der Waals surface area contributed by atoms with E-state index >= 15 is 0 Å². The highest BCUT2D eigenvalue weighted by molar-refractivity contribution is 5.94. The zero-order valence-corrected chi connectivity index (χ0v) is 20.3. The lowest BCUT2D eigenvalue weighted by Gasteiger charge is -2.30. The molecule has 8 heteroatoms. The molecule has 0 radical (unpaired) electrons. The minimum absolute atomic E-state index is 0.105. The number of carbonyl (C=O) groups is 2. The molecule has 0 fully saturated rings. The highest BCUT2D eigenvalue weighted by Gasteiger charge is 2.32. The van der Waals surface area contributed by atoms with Crippen LogP contribution in [0, 0.1) is 19.3 Å². The molecule has 178 valence electrons. The third kappa shape index (κ3) is 3.83. The first kappa shape index (κ1) is 23.5. The molecule has 1 atom stereocenters. The summed E-state index contributed by atoms with van der Waals surface area (Å²) in [5.74, 6) is -1.21. The third-order valence-corrected chi connectivity index (χ3v) is 6.46. The zero-order chi connectivity index (χ0) is 24.9. The maximum Gasteiger partial charge on any atom is 0.338 e. The molecule has 1 heterocycles. The highest BCUT2D eigenvalue weighted by Crippen LogP contribution is 2.42. The van der Waals surface area contributed by atoms with E-state index in [1.165, 1.54) is 0 Å². The number of rotatable bonds is 4. The summed E-state index contributed by atoms with van der Waals surface area (Å²) in [6, 6.07) is 8.73. The maximum atomic E-state index is 13.5. The number of hydrogen-bond donors (Lipinski definition) is 1. The fourth-order valence-corrected chi connectivity index (χ4v) is 4.66. The van der Waals surface area contributed by atoms with E-state index in [1.807, 2.05) is 31.0 Å². The van der Waals surface area contributed by atoms with Gasteiger partial charge in [-0.2, -0.15) is 0 Å². The third-order valence-electron chi connectivity index (χ3n) is 6.46. The minimum Gasteiger partial charge on any atom is -0.478 e. The number of aromatic nitrogens is 2. The van der Waals surface area contributed by atoms with Crippen LogP contribution in [0.4, 0.5) is 5.69 Å². The van der Waals surface area contributed by atoms with Gasteiger partial charge in [-0.25, -0.2) is 14.6 Å². The van der Waals surface area contributed by atoms with E-state index in [4.69, 9.17) is 4.84 Å². The van der Waals surface area contributed by atoms with Crippen LogP contribution in [0.25, 0.3) is 10.9 Å². The Morgan fingerprint density at radius 3 is 2.53 bits per heavy atom. The molecule has 1 N–H and O–H groups in total.